The topological polar surface area (TPSA) is 39.2 Å². The van der Waals surface area contributed by atoms with E-state index in [2.05, 4.69) is 17.0 Å². The molecule has 0 radical (unpaired) electrons. The molecule has 0 aromatic carbocycles. The highest BCUT2D eigenvalue weighted by Gasteiger charge is 1.87. The number of rotatable bonds is 0. The fourth-order valence-corrected chi connectivity index (χ4v) is 0.522. The van der Waals surface area contributed by atoms with Gasteiger partial charge < -0.3 is 10.2 Å². The third-order valence-corrected chi connectivity index (χ3v) is 0.840. The van der Waals surface area contributed by atoms with E-state index in [0.717, 1.165) is 4.90 Å². The quantitative estimate of drug-likeness (QED) is 0.498. The van der Waals surface area contributed by atoms with Gasteiger partial charge in [0.15, 0.2) is 5.88 Å². The van der Waals surface area contributed by atoms with Crippen molar-refractivity contribution in [3.8, 4) is 0 Å². The molecular formula is C4H5NOS. The summed E-state index contributed by atoms with van der Waals surface area (Å²) in [7, 11) is 0. The zero-order valence-electron chi connectivity index (χ0n) is 3.59. The summed E-state index contributed by atoms with van der Waals surface area (Å²) in [6.45, 7) is 0. The molecule has 3 heteroatoms. The van der Waals surface area contributed by atoms with Crippen LogP contribution in [0.4, 0.5) is 5.88 Å². The molecule has 1 aromatic heterocycles. The van der Waals surface area contributed by atoms with Crippen LogP contribution in [0.25, 0.3) is 0 Å². The van der Waals surface area contributed by atoms with Crippen LogP contribution in [-0.2, 0) is 0 Å². The molecule has 0 bridgehead atoms. The molecule has 0 unspecified atom stereocenters. The lowest BCUT2D eigenvalue weighted by Gasteiger charge is -1.71. The minimum atomic E-state index is 0.407. The van der Waals surface area contributed by atoms with E-state index in [4.69, 9.17) is 5.73 Å². The summed E-state index contributed by atoms with van der Waals surface area (Å²) < 4.78 is 4.67. The molecule has 38 valence electrons. The molecule has 0 atom stereocenters. The molecule has 0 aliphatic heterocycles. The van der Waals surface area contributed by atoms with E-state index in [1.807, 2.05) is 0 Å². The van der Waals surface area contributed by atoms with Crippen LogP contribution < -0.4 is 5.73 Å². The van der Waals surface area contributed by atoms with Crippen LogP contribution in [0.3, 0.4) is 0 Å². The number of thiol groups is 1. The van der Waals surface area contributed by atoms with Gasteiger partial charge >= 0.3 is 0 Å². The van der Waals surface area contributed by atoms with Gasteiger partial charge in [0.25, 0.3) is 0 Å². The van der Waals surface area contributed by atoms with E-state index in [9.17, 15) is 0 Å². The standard InChI is InChI=1S/C4H5NOS/c5-4-1-3(7)2-6-4/h1-2,7H,5H2. The van der Waals surface area contributed by atoms with Crippen molar-refractivity contribution < 1.29 is 4.42 Å². The van der Waals surface area contributed by atoms with Gasteiger partial charge in [0.05, 0.1) is 0 Å². The minimum Gasteiger partial charge on any atom is -0.448 e. The summed E-state index contributed by atoms with van der Waals surface area (Å²) in [5, 5.41) is 0. The SMILES string of the molecule is Nc1cc(S)co1. The summed E-state index contributed by atoms with van der Waals surface area (Å²) in [4.78, 5) is 0.762. The average molecular weight is 115 g/mol. The molecule has 0 aliphatic carbocycles. The number of furan rings is 1. The maximum atomic E-state index is 5.16. The molecule has 2 nitrogen and oxygen atoms in total. The van der Waals surface area contributed by atoms with Crippen LogP contribution in [0.1, 0.15) is 0 Å². The maximum Gasteiger partial charge on any atom is 0.191 e. The van der Waals surface area contributed by atoms with Crippen LogP contribution >= 0.6 is 12.6 Å². The Morgan fingerprint density at radius 1 is 1.71 bits per heavy atom. The van der Waals surface area contributed by atoms with Gasteiger partial charge in [-0.25, -0.2) is 0 Å². The second-order valence-electron chi connectivity index (χ2n) is 1.21. The Morgan fingerprint density at radius 3 is 2.57 bits per heavy atom. The van der Waals surface area contributed by atoms with Gasteiger partial charge in [0, 0.05) is 11.0 Å². The third kappa shape index (κ3) is 0.899. The van der Waals surface area contributed by atoms with E-state index < -0.39 is 0 Å². The molecule has 2 N–H and O–H groups in total. The van der Waals surface area contributed by atoms with Gasteiger partial charge in [-0.05, 0) is 0 Å². The Kier molecular flexibility index (Phi) is 0.982. The second kappa shape index (κ2) is 1.50. The first-order chi connectivity index (χ1) is 3.29. The van der Waals surface area contributed by atoms with E-state index in [1.54, 1.807) is 6.07 Å². The lowest BCUT2D eigenvalue weighted by atomic mass is 10.6. The molecule has 7 heavy (non-hydrogen) atoms. The van der Waals surface area contributed by atoms with E-state index in [0.29, 0.717) is 5.88 Å². The summed E-state index contributed by atoms with van der Waals surface area (Å²) in [6.07, 6.45) is 1.48. The van der Waals surface area contributed by atoms with Crippen molar-refractivity contribution in [1.29, 1.82) is 0 Å². The summed E-state index contributed by atoms with van der Waals surface area (Å²) in [5.74, 6) is 0.407. The summed E-state index contributed by atoms with van der Waals surface area (Å²) >= 11 is 3.93. The Hall–Kier alpha value is -0.570. The van der Waals surface area contributed by atoms with Crippen molar-refractivity contribution in [3.05, 3.63) is 12.3 Å². The predicted molar refractivity (Wildman–Crippen MR) is 30.4 cm³/mol. The molecule has 0 saturated carbocycles. The Labute approximate surface area is 46.7 Å². The van der Waals surface area contributed by atoms with Gasteiger partial charge in [0.2, 0.25) is 0 Å². The largest absolute Gasteiger partial charge is 0.448 e. The van der Waals surface area contributed by atoms with Crippen molar-refractivity contribution in [3.63, 3.8) is 0 Å². The van der Waals surface area contributed by atoms with Crippen LogP contribution in [-0.4, -0.2) is 0 Å². The molecule has 1 rings (SSSR count). The highest BCUT2D eigenvalue weighted by Crippen LogP contribution is 2.11. The summed E-state index contributed by atoms with van der Waals surface area (Å²) in [6, 6.07) is 1.64. The minimum absolute atomic E-state index is 0.407. The third-order valence-electron chi connectivity index (χ3n) is 0.606. The van der Waals surface area contributed by atoms with Crippen LogP contribution in [0.5, 0.6) is 0 Å². The first-order valence-electron chi connectivity index (χ1n) is 1.82. The van der Waals surface area contributed by atoms with Crippen LogP contribution in [0, 0.1) is 0 Å². The van der Waals surface area contributed by atoms with Gasteiger partial charge in [-0.1, -0.05) is 0 Å². The van der Waals surface area contributed by atoms with Crippen molar-refractivity contribution in [1.82, 2.24) is 0 Å². The molecule has 0 fully saturated rings. The highest BCUT2D eigenvalue weighted by atomic mass is 32.1. The highest BCUT2D eigenvalue weighted by molar-refractivity contribution is 7.80. The number of anilines is 1. The number of hydrogen-bond donors (Lipinski definition) is 2. The second-order valence-corrected chi connectivity index (χ2v) is 1.72. The van der Waals surface area contributed by atoms with Gasteiger partial charge in [-0.15, -0.1) is 12.6 Å². The normalized spacial score (nSPS) is 9.29. The number of nitrogen functional groups attached to an aromatic ring is 1. The van der Waals surface area contributed by atoms with Crippen LogP contribution in [0.15, 0.2) is 21.6 Å². The van der Waals surface area contributed by atoms with E-state index in [-0.39, 0.29) is 0 Å². The molecule has 1 aromatic rings. The molecule has 0 amide bonds. The first kappa shape index (κ1) is 4.59. The van der Waals surface area contributed by atoms with Crippen molar-refractivity contribution in [2.45, 2.75) is 4.90 Å². The average Bonchev–Trinajstić information content (AvgIpc) is 1.87. The molecule has 1 heterocycles. The zero-order valence-corrected chi connectivity index (χ0v) is 4.48. The van der Waals surface area contributed by atoms with Crippen molar-refractivity contribution in [2.75, 3.05) is 5.73 Å². The first-order valence-corrected chi connectivity index (χ1v) is 2.27. The lowest BCUT2D eigenvalue weighted by Crippen LogP contribution is -1.75. The van der Waals surface area contributed by atoms with Crippen molar-refractivity contribution >= 4 is 18.5 Å². The fourth-order valence-electron chi connectivity index (χ4n) is 0.342. The molecule has 0 aliphatic rings. The molecule has 0 saturated heterocycles. The van der Waals surface area contributed by atoms with Gasteiger partial charge in [0.1, 0.15) is 6.26 Å². The van der Waals surface area contributed by atoms with Gasteiger partial charge in [-0.3, -0.25) is 0 Å². The monoisotopic (exact) mass is 115 g/mol. The van der Waals surface area contributed by atoms with Crippen molar-refractivity contribution in [2.24, 2.45) is 0 Å². The summed E-state index contributed by atoms with van der Waals surface area (Å²) in [5.41, 5.74) is 5.16. The maximum absolute atomic E-state index is 5.16. The smallest absolute Gasteiger partial charge is 0.191 e. The predicted octanol–water partition coefficient (Wildman–Crippen LogP) is 1.15. The molecule has 0 spiro atoms. The Bertz CT molecular complexity index is 144. The van der Waals surface area contributed by atoms with Gasteiger partial charge in [-0.2, -0.15) is 0 Å². The Balaban J connectivity index is 3.04. The van der Waals surface area contributed by atoms with E-state index >= 15 is 0 Å². The zero-order chi connectivity index (χ0) is 5.28. The fraction of sp³-hybridized carbons (Fsp3) is 0. The van der Waals surface area contributed by atoms with Crippen LogP contribution in [0.2, 0.25) is 0 Å². The number of hydrogen-bond acceptors (Lipinski definition) is 3. The lowest BCUT2D eigenvalue weighted by molar-refractivity contribution is 0.582. The number of nitrogens with two attached hydrogens (primary N) is 1. The Morgan fingerprint density at radius 2 is 2.43 bits per heavy atom. The molecular weight excluding hydrogens is 110 g/mol. The van der Waals surface area contributed by atoms with E-state index in [1.165, 1.54) is 6.26 Å².